The first kappa shape index (κ1) is 11.6. The minimum Gasteiger partial charge on any atom is -0.486 e. The smallest absolute Gasteiger partial charge is 0.166 e. The van der Waals surface area contributed by atoms with Gasteiger partial charge in [0.15, 0.2) is 16.6 Å². The van der Waals surface area contributed by atoms with E-state index in [1.807, 2.05) is 24.3 Å². The zero-order valence-corrected chi connectivity index (χ0v) is 10.8. The first-order chi connectivity index (χ1) is 8.81. The van der Waals surface area contributed by atoms with Crippen molar-refractivity contribution in [2.75, 3.05) is 13.2 Å². The van der Waals surface area contributed by atoms with E-state index in [2.05, 4.69) is 10.6 Å². The molecule has 0 radical (unpaired) electrons. The molecule has 0 saturated heterocycles. The summed E-state index contributed by atoms with van der Waals surface area (Å²) in [6, 6.07) is 8.29. The van der Waals surface area contributed by atoms with Gasteiger partial charge in [-0.2, -0.15) is 0 Å². The number of hydrogen-bond donors (Lipinski definition) is 2. The summed E-state index contributed by atoms with van der Waals surface area (Å²) in [5.74, 6) is 1.61. The van der Waals surface area contributed by atoms with Crippen molar-refractivity contribution in [3.05, 3.63) is 24.3 Å². The van der Waals surface area contributed by atoms with E-state index in [1.165, 1.54) is 12.8 Å². The molecule has 1 aromatic rings. The summed E-state index contributed by atoms with van der Waals surface area (Å²) in [4.78, 5) is 0. The highest BCUT2D eigenvalue weighted by molar-refractivity contribution is 7.80. The zero-order chi connectivity index (χ0) is 12.4. The van der Waals surface area contributed by atoms with E-state index in [9.17, 15) is 0 Å². The van der Waals surface area contributed by atoms with Crippen LogP contribution < -0.4 is 20.1 Å². The summed E-state index contributed by atoms with van der Waals surface area (Å²) in [6.45, 7) is 1.21. The van der Waals surface area contributed by atoms with Crippen LogP contribution in [0, 0.1) is 0 Å². The molecule has 1 heterocycles. The third-order valence-corrected chi connectivity index (χ3v) is 3.23. The van der Waals surface area contributed by atoms with Crippen molar-refractivity contribution in [2.45, 2.75) is 25.0 Å². The molecule has 4 nitrogen and oxygen atoms in total. The molecule has 0 unspecified atom stereocenters. The molecular formula is C13H16N2O2S. The molecule has 1 aliphatic heterocycles. The minimum absolute atomic E-state index is 0.00106. The lowest BCUT2D eigenvalue weighted by Gasteiger charge is -2.26. The standard InChI is InChI=1S/C13H16N2O2S/c18-13(15-9-5-6-9)14-7-10-8-16-11-3-1-2-4-12(11)17-10/h1-4,9-10H,5-8H2,(H2,14,15,18)/t10-/m1/s1. The maximum absolute atomic E-state index is 5.83. The molecular weight excluding hydrogens is 248 g/mol. The van der Waals surface area contributed by atoms with Crippen LogP contribution in [0.15, 0.2) is 24.3 Å². The van der Waals surface area contributed by atoms with Gasteiger partial charge in [-0.1, -0.05) is 12.1 Å². The van der Waals surface area contributed by atoms with Gasteiger partial charge in [0.05, 0.1) is 6.54 Å². The van der Waals surface area contributed by atoms with Gasteiger partial charge in [0.2, 0.25) is 0 Å². The van der Waals surface area contributed by atoms with Crippen LogP contribution >= 0.6 is 12.2 Å². The number of hydrogen-bond acceptors (Lipinski definition) is 3. The van der Waals surface area contributed by atoms with E-state index in [0.29, 0.717) is 24.3 Å². The highest BCUT2D eigenvalue weighted by Gasteiger charge is 2.23. The lowest BCUT2D eigenvalue weighted by atomic mass is 10.2. The predicted octanol–water partition coefficient (Wildman–Crippen LogP) is 1.45. The number of para-hydroxylation sites is 2. The first-order valence-corrected chi connectivity index (χ1v) is 6.65. The van der Waals surface area contributed by atoms with E-state index >= 15 is 0 Å². The number of ether oxygens (including phenoxy) is 2. The van der Waals surface area contributed by atoms with Crippen molar-refractivity contribution in [2.24, 2.45) is 0 Å². The molecule has 1 aliphatic carbocycles. The van der Waals surface area contributed by atoms with Crippen LogP contribution in [-0.4, -0.2) is 30.4 Å². The molecule has 1 aromatic carbocycles. The number of benzene rings is 1. The molecule has 1 saturated carbocycles. The molecule has 0 spiro atoms. The Morgan fingerprint density at radius 1 is 1.28 bits per heavy atom. The fourth-order valence-corrected chi connectivity index (χ4v) is 2.08. The molecule has 0 aromatic heterocycles. The fraction of sp³-hybridized carbons (Fsp3) is 0.462. The zero-order valence-electron chi connectivity index (χ0n) is 10.0. The normalized spacial score (nSPS) is 21.2. The lowest BCUT2D eigenvalue weighted by Crippen LogP contribution is -2.44. The average Bonchev–Trinajstić information content (AvgIpc) is 3.20. The fourth-order valence-electron chi connectivity index (χ4n) is 1.83. The molecule has 1 atom stereocenters. The maximum Gasteiger partial charge on any atom is 0.166 e. The van der Waals surface area contributed by atoms with Crippen molar-refractivity contribution < 1.29 is 9.47 Å². The Bertz CT molecular complexity index is 448. The molecule has 18 heavy (non-hydrogen) atoms. The predicted molar refractivity (Wildman–Crippen MR) is 73.1 cm³/mol. The maximum atomic E-state index is 5.83. The highest BCUT2D eigenvalue weighted by atomic mass is 32.1. The molecule has 0 amide bonds. The first-order valence-electron chi connectivity index (χ1n) is 6.24. The molecule has 96 valence electrons. The summed E-state index contributed by atoms with van der Waals surface area (Å²) in [7, 11) is 0. The van der Waals surface area contributed by atoms with Crippen molar-refractivity contribution in [3.63, 3.8) is 0 Å². The molecule has 0 bridgehead atoms. The van der Waals surface area contributed by atoms with Gasteiger partial charge in [0, 0.05) is 6.04 Å². The van der Waals surface area contributed by atoms with Gasteiger partial charge in [0.25, 0.3) is 0 Å². The molecule has 5 heteroatoms. The Morgan fingerprint density at radius 3 is 2.83 bits per heavy atom. The summed E-state index contributed by atoms with van der Waals surface area (Å²) in [5.41, 5.74) is 0. The lowest BCUT2D eigenvalue weighted by molar-refractivity contribution is 0.0937. The van der Waals surface area contributed by atoms with Gasteiger partial charge in [-0.3, -0.25) is 0 Å². The van der Waals surface area contributed by atoms with Crippen molar-refractivity contribution in [1.29, 1.82) is 0 Å². The van der Waals surface area contributed by atoms with E-state index in [0.717, 1.165) is 11.5 Å². The summed E-state index contributed by atoms with van der Waals surface area (Å²) in [6.07, 6.45) is 2.44. The Morgan fingerprint density at radius 2 is 2.06 bits per heavy atom. The third-order valence-electron chi connectivity index (χ3n) is 2.97. The number of fused-ring (bicyclic) bond motifs is 1. The van der Waals surface area contributed by atoms with Crippen molar-refractivity contribution in [3.8, 4) is 11.5 Å². The second-order valence-corrected chi connectivity index (χ2v) is 5.03. The minimum atomic E-state index is -0.00106. The van der Waals surface area contributed by atoms with E-state index in [4.69, 9.17) is 21.7 Å². The van der Waals surface area contributed by atoms with Crippen LogP contribution in [0.4, 0.5) is 0 Å². The molecule has 1 fully saturated rings. The Balaban J connectivity index is 1.48. The highest BCUT2D eigenvalue weighted by Crippen LogP contribution is 2.30. The van der Waals surface area contributed by atoms with Gasteiger partial charge in [-0.25, -0.2) is 0 Å². The largest absolute Gasteiger partial charge is 0.486 e. The van der Waals surface area contributed by atoms with Gasteiger partial charge in [-0.15, -0.1) is 0 Å². The van der Waals surface area contributed by atoms with Crippen LogP contribution in [0.2, 0.25) is 0 Å². The van der Waals surface area contributed by atoms with Crippen LogP contribution in [-0.2, 0) is 0 Å². The van der Waals surface area contributed by atoms with Gasteiger partial charge >= 0.3 is 0 Å². The van der Waals surface area contributed by atoms with Crippen molar-refractivity contribution in [1.82, 2.24) is 10.6 Å². The summed E-state index contributed by atoms with van der Waals surface area (Å²) >= 11 is 5.20. The molecule has 2 aliphatic rings. The van der Waals surface area contributed by atoms with Crippen LogP contribution in [0.5, 0.6) is 11.5 Å². The molecule has 3 rings (SSSR count). The summed E-state index contributed by atoms with van der Waals surface area (Å²) in [5, 5.41) is 7.11. The average molecular weight is 264 g/mol. The number of nitrogens with one attached hydrogen (secondary N) is 2. The third kappa shape index (κ3) is 2.85. The molecule has 2 N–H and O–H groups in total. The number of rotatable bonds is 3. The van der Waals surface area contributed by atoms with Crippen LogP contribution in [0.25, 0.3) is 0 Å². The SMILES string of the molecule is S=C(NC[C@@H]1COc2ccccc2O1)NC1CC1. The van der Waals surface area contributed by atoms with Crippen LogP contribution in [0.1, 0.15) is 12.8 Å². The van der Waals surface area contributed by atoms with Gasteiger partial charge < -0.3 is 20.1 Å². The monoisotopic (exact) mass is 264 g/mol. The second-order valence-electron chi connectivity index (χ2n) is 4.63. The summed E-state index contributed by atoms with van der Waals surface area (Å²) < 4.78 is 11.5. The number of thiocarbonyl (C=S) groups is 1. The van der Waals surface area contributed by atoms with E-state index in [1.54, 1.807) is 0 Å². The quantitative estimate of drug-likeness (QED) is 0.809. The van der Waals surface area contributed by atoms with Gasteiger partial charge in [-0.05, 0) is 37.2 Å². The van der Waals surface area contributed by atoms with Crippen LogP contribution in [0.3, 0.4) is 0 Å². The topological polar surface area (TPSA) is 42.5 Å². The van der Waals surface area contributed by atoms with E-state index < -0.39 is 0 Å². The van der Waals surface area contributed by atoms with E-state index in [-0.39, 0.29) is 6.10 Å². The van der Waals surface area contributed by atoms with Gasteiger partial charge in [0.1, 0.15) is 12.7 Å². The Labute approximate surface area is 112 Å². The Hall–Kier alpha value is -1.49. The second kappa shape index (κ2) is 5.02. The van der Waals surface area contributed by atoms with Crippen molar-refractivity contribution >= 4 is 17.3 Å². The Kier molecular flexibility index (Phi) is 3.23.